The van der Waals surface area contributed by atoms with Gasteiger partial charge in [-0.2, -0.15) is 0 Å². The van der Waals surface area contributed by atoms with Gasteiger partial charge in [-0.3, -0.25) is 13.9 Å². The van der Waals surface area contributed by atoms with Crippen molar-refractivity contribution in [3.8, 4) is 5.88 Å². The smallest absolute Gasteiger partial charge is 0.462 e. The number of carbonyl (C=O) groups excluding carboxylic acids is 2. The van der Waals surface area contributed by atoms with Crippen molar-refractivity contribution in [2.24, 2.45) is 0 Å². The van der Waals surface area contributed by atoms with Gasteiger partial charge in [0.15, 0.2) is 5.56 Å². The topological polar surface area (TPSA) is 106 Å². The fourth-order valence-corrected chi connectivity index (χ4v) is 4.65. The van der Waals surface area contributed by atoms with Crippen molar-refractivity contribution in [3.63, 3.8) is 0 Å². The molecule has 0 aromatic carbocycles. The number of carbonyl (C=O) groups is 2. The van der Waals surface area contributed by atoms with Crippen LogP contribution in [0.3, 0.4) is 0 Å². The first kappa shape index (κ1) is 23.1. The molecule has 0 spiro atoms. The van der Waals surface area contributed by atoms with E-state index in [9.17, 15) is 19.2 Å². The molecule has 172 valence electrons. The highest BCUT2D eigenvalue weighted by Gasteiger charge is 2.34. The van der Waals surface area contributed by atoms with Gasteiger partial charge in [0.05, 0.1) is 13.2 Å². The van der Waals surface area contributed by atoms with E-state index < -0.39 is 28.9 Å². The fourth-order valence-electron chi connectivity index (χ4n) is 4.65. The fraction of sp³-hybridized carbons (Fsp3) is 0.727. The molecule has 0 radical (unpaired) electrons. The lowest BCUT2D eigenvalue weighted by molar-refractivity contribution is 0.0511. The molecule has 0 unspecified atom stereocenters. The second-order valence-corrected chi connectivity index (χ2v) is 8.10. The maximum Gasteiger partial charge on any atom is 0.515 e. The molecule has 2 aliphatic rings. The summed E-state index contributed by atoms with van der Waals surface area (Å²) in [5.74, 6) is -1.26. The van der Waals surface area contributed by atoms with Crippen LogP contribution in [0.5, 0.6) is 5.88 Å². The van der Waals surface area contributed by atoms with Crippen LogP contribution in [-0.4, -0.2) is 34.5 Å². The van der Waals surface area contributed by atoms with Crippen molar-refractivity contribution in [1.82, 2.24) is 9.13 Å². The van der Waals surface area contributed by atoms with Crippen LogP contribution in [0.4, 0.5) is 4.79 Å². The molecule has 1 aromatic heterocycles. The number of ether oxygens (including phenoxy) is 3. The van der Waals surface area contributed by atoms with Crippen molar-refractivity contribution < 1.29 is 23.8 Å². The van der Waals surface area contributed by atoms with Crippen molar-refractivity contribution in [2.45, 2.75) is 90.1 Å². The minimum absolute atomic E-state index is 0.0447. The normalized spacial score (nSPS) is 17.9. The summed E-state index contributed by atoms with van der Waals surface area (Å²) < 4.78 is 17.8. The predicted molar refractivity (Wildman–Crippen MR) is 113 cm³/mol. The zero-order valence-electron chi connectivity index (χ0n) is 18.4. The van der Waals surface area contributed by atoms with Crippen molar-refractivity contribution in [3.05, 3.63) is 26.4 Å². The summed E-state index contributed by atoms with van der Waals surface area (Å²) in [7, 11) is 0. The van der Waals surface area contributed by atoms with Crippen LogP contribution in [-0.2, 0) is 9.47 Å². The van der Waals surface area contributed by atoms with Crippen molar-refractivity contribution in [1.29, 1.82) is 0 Å². The van der Waals surface area contributed by atoms with Gasteiger partial charge in [0.25, 0.3) is 5.56 Å². The van der Waals surface area contributed by atoms with Crippen LogP contribution < -0.4 is 16.0 Å². The van der Waals surface area contributed by atoms with Crippen molar-refractivity contribution in [2.75, 3.05) is 13.2 Å². The number of esters is 1. The van der Waals surface area contributed by atoms with E-state index in [4.69, 9.17) is 14.2 Å². The third-order valence-corrected chi connectivity index (χ3v) is 6.08. The van der Waals surface area contributed by atoms with Crippen LogP contribution >= 0.6 is 0 Å². The molecule has 2 aliphatic carbocycles. The molecule has 0 amide bonds. The van der Waals surface area contributed by atoms with E-state index in [2.05, 4.69) is 0 Å². The van der Waals surface area contributed by atoms with E-state index in [1.54, 1.807) is 13.8 Å². The molecule has 0 bridgehead atoms. The minimum atomic E-state index is -1.06. The Balaban J connectivity index is 2.26. The molecule has 3 rings (SSSR count). The van der Waals surface area contributed by atoms with Gasteiger partial charge in [-0.05, 0) is 39.5 Å². The van der Waals surface area contributed by atoms with Crippen molar-refractivity contribution >= 4 is 12.1 Å². The monoisotopic (exact) mass is 436 g/mol. The predicted octanol–water partition coefficient (Wildman–Crippen LogP) is 3.73. The lowest BCUT2D eigenvalue weighted by atomic mass is 9.94. The molecule has 0 atom stereocenters. The van der Waals surface area contributed by atoms with Crippen LogP contribution in [0, 0.1) is 0 Å². The van der Waals surface area contributed by atoms with Crippen LogP contribution in [0.1, 0.15) is 100 Å². The van der Waals surface area contributed by atoms with Gasteiger partial charge < -0.3 is 14.2 Å². The minimum Gasteiger partial charge on any atom is -0.462 e. The highest BCUT2D eigenvalue weighted by molar-refractivity contribution is 5.92. The third-order valence-electron chi connectivity index (χ3n) is 6.08. The zero-order chi connectivity index (χ0) is 22.4. The highest BCUT2D eigenvalue weighted by Crippen LogP contribution is 2.32. The van der Waals surface area contributed by atoms with E-state index in [1.807, 2.05) is 0 Å². The molecular formula is C22H32N2O7. The molecular weight excluding hydrogens is 404 g/mol. The second-order valence-electron chi connectivity index (χ2n) is 8.10. The number of hydrogen-bond donors (Lipinski definition) is 0. The molecule has 0 aliphatic heterocycles. The lowest BCUT2D eigenvalue weighted by Gasteiger charge is -2.30. The number of nitrogens with zero attached hydrogens (tertiary/aromatic N) is 2. The Morgan fingerprint density at radius 2 is 1.32 bits per heavy atom. The summed E-state index contributed by atoms with van der Waals surface area (Å²) in [5.41, 5.74) is -1.71. The summed E-state index contributed by atoms with van der Waals surface area (Å²) in [6, 6.07) is -0.553. The summed E-state index contributed by atoms with van der Waals surface area (Å²) in [6.07, 6.45) is 7.47. The van der Waals surface area contributed by atoms with Gasteiger partial charge in [0.2, 0.25) is 5.88 Å². The molecule has 2 fully saturated rings. The SMILES string of the molecule is CCOC(=O)Oc1c(C(=O)OCC)c(=O)n(C2CCCCC2)c(=O)n1C1CCCCC1. The summed E-state index contributed by atoms with van der Waals surface area (Å²) in [6.45, 7) is 3.34. The standard InChI is InChI=1S/C22H32N2O7/c1-3-29-20(26)17-18(25)23(15-11-7-5-8-12-15)21(27)24(16-13-9-6-10-14-16)19(17)31-22(28)30-4-2/h15-16H,3-14H2,1-2H3. The van der Waals surface area contributed by atoms with Crippen LogP contribution in [0.2, 0.25) is 0 Å². The Hall–Kier alpha value is -2.58. The number of aromatic nitrogens is 2. The maximum atomic E-state index is 13.6. The molecule has 0 N–H and O–H groups in total. The Bertz CT molecular complexity index is 906. The Kier molecular flexibility index (Phi) is 7.92. The van der Waals surface area contributed by atoms with Gasteiger partial charge in [-0.1, -0.05) is 38.5 Å². The largest absolute Gasteiger partial charge is 0.515 e. The summed E-state index contributed by atoms with van der Waals surface area (Å²) >= 11 is 0. The molecule has 9 heteroatoms. The summed E-state index contributed by atoms with van der Waals surface area (Å²) in [4.78, 5) is 52.0. The zero-order valence-corrected chi connectivity index (χ0v) is 18.4. The average molecular weight is 437 g/mol. The molecule has 1 heterocycles. The van der Waals surface area contributed by atoms with Gasteiger partial charge in [0.1, 0.15) is 0 Å². The van der Waals surface area contributed by atoms with E-state index in [0.29, 0.717) is 25.7 Å². The van der Waals surface area contributed by atoms with E-state index >= 15 is 0 Å². The third kappa shape index (κ3) is 5.02. The Labute approximate surface area is 181 Å². The molecule has 2 saturated carbocycles. The average Bonchev–Trinajstić information content (AvgIpc) is 2.75. The Morgan fingerprint density at radius 3 is 1.84 bits per heavy atom. The van der Waals surface area contributed by atoms with Gasteiger partial charge in [-0.15, -0.1) is 0 Å². The van der Waals surface area contributed by atoms with Crippen LogP contribution in [0.25, 0.3) is 0 Å². The second kappa shape index (κ2) is 10.6. The quantitative estimate of drug-likeness (QED) is 0.626. The maximum absolute atomic E-state index is 13.6. The molecule has 0 saturated heterocycles. The van der Waals surface area contributed by atoms with Gasteiger partial charge in [-0.25, -0.2) is 14.4 Å². The molecule has 9 nitrogen and oxygen atoms in total. The van der Waals surface area contributed by atoms with Crippen LogP contribution in [0.15, 0.2) is 9.59 Å². The molecule has 31 heavy (non-hydrogen) atoms. The molecule has 1 aromatic rings. The van der Waals surface area contributed by atoms with Gasteiger partial charge in [0, 0.05) is 12.1 Å². The first-order valence-electron chi connectivity index (χ1n) is 11.4. The number of hydrogen-bond acceptors (Lipinski definition) is 7. The highest BCUT2D eigenvalue weighted by atomic mass is 16.7. The van der Waals surface area contributed by atoms with E-state index in [1.165, 1.54) is 9.13 Å². The van der Waals surface area contributed by atoms with Gasteiger partial charge >= 0.3 is 17.8 Å². The first-order chi connectivity index (χ1) is 15.0. The Morgan fingerprint density at radius 1 is 0.806 bits per heavy atom. The first-order valence-corrected chi connectivity index (χ1v) is 11.4. The van der Waals surface area contributed by atoms with E-state index in [-0.39, 0.29) is 31.2 Å². The van der Waals surface area contributed by atoms with E-state index in [0.717, 1.165) is 38.5 Å². The summed E-state index contributed by atoms with van der Waals surface area (Å²) in [5, 5.41) is 0. The number of rotatable bonds is 6. The lowest BCUT2D eigenvalue weighted by Crippen LogP contribution is -2.47.